The van der Waals surface area contributed by atoms with Crippen LogP contribution in [0.1, 0.15) is 52.8 Å². The van der Waals surface area contributed by atoms with Crippen LogP contribution in [-0.2, 0) is 22.7 Å². The SMILES string of the molecule is CC(=O)c1nn(CC(=O)N2[C@H](C(=O)Nc3nc(Br)ccc3C)C[C@@]3(CNCc4ccccc4F)C[C@@H]23)c2c(C)cc(-c3cnc(C)nc3)cc12. The number of hydrogen-bond donors (Lipinski definition) is 2. The van der Waals surface area contributed by atoms with Gasteiger partial charge in [-0.3, -0.25) is 19.1 Å². The Morgan fingerprint density at radius 3 is 2.50 bits per heavy atom. The summed E-state index contributed by atoms with van der Waals surface area (Å²) in [6, 6.07) is 13.2. The molecule has 13 heteroatoms. The van der Waals surface area contributed by atoms with Gasteiger partial charge in [-0.15, -0.1) is 0 Å². The van der Waals surface area contributed by atoms with Gasteiger partial charge in [0, 0.05) is 60.4 Å². The standard InChI is InChI=1S/C37H36BrFN8O3/c1-20-9-10-31(38)43-35(20)44-36(50)29-13-37(19-40-15-24-7-5-6-8-28(24)39)14-30(37)47(29)32(49)18-46-34-21(2)11-25(26-16-41-23(4)42-17-26)12-27(34)33(45-46)22(3)48/h5-12,16-17,29-30,40H,13-15,18-19H2,1-4H3,(H,43,44,50)/t29-,30+,37-/m0/s1. The van der Waals surface area contributed by atoms with Crippen molar-refractivity contribution >= 4 is 50.2 Å². The molecule has 5 aromatic rings. The molecule has 11 nitrogen and oxygen atoms in total. The highest BCUT2D eigenvalue weighted by molar-refractivity contribution is 9.10. The number of ketones is 1. The second-order valence-electron chi connectivity index (χ2n) is 13.4. The van der Waals surface area contributed by atoms with Crippen LogP contribution in [0.25, 0.3) is 22.0 Å². The van der Waals surface area contributed by atoms with Crippen LogP contribution >= 0.6 is 15.9 Å². The number of halogens is 2. The highest BCUT2D eigenvalue weighted by atomic mass is 79.9. The smallest absolute Gasteiger partial charge is 0.248 e. The summed E-state index contributed by atoms with van der Waals surface area (Å²) in [5, 5.41) is 11.6. The fourth-order valence-corrected chi connectivity index (χ4v) is 7.52. The summed E-state index contributed by atoms with van der Waals surface area (Å²) in [5.74, 6) is -0.0527. The lowest BCUT2D eigenvalue weighted by atomic mass is 9.98. The van der Waals surface area contributed by atoms with E-state index in [2.05, 4.69) is 46.6 Å². The van der Waals surface area contributed by atoms with Crippen molar-refractivity contribution in [3.63, 3.8) is 0 Å². The van der Waals surface area contributed by atoms with Crippen molar-refractivity contribution in [3.8, 4) is 11.1 Å². The molecule has 3 aromatic heterocycles. The molecule has 2 amide bonds. The summed E-state index contributed by atoms with van der Waals surface area (Å²) >= 11 is 3.38. The molecule has 0 spiro atoms. The second kappa shape index (κ2) is 13.1. The summed E-state index contributed by atoms with van der Waals surface area (Å²) < 4.78 is 16.5. The van der Waals surface area contributed by atoms with Crippen LogP contribution in [0.5, 0.6) is 0 Å². The number of aromatic nitrogens is 5. The van der Waals surface area contributed by atoms with Crippen molar-refractivity contribution in [1.82, 2.24) is 34.9 Å². The first-order valence-electron chi connectivity index (χ1n) is 16.4. The Balaban J connectivity index is 1.18. The van der Waals surface area contributed by atoms with Crippen LogP contribution < -0.4 is 10.6 Å². The number of Topliss-reactive ketones (excluding diaryl/α,β-unsaturated/α-hetero) is 1. The molecule has 1 aliphatic heterocycles. The van der Waals surface area contributed by atoms with Gasteiger partial charge in [-0.1, -0.05) is 24.3 Å². The fourth-order valence-electron chi connectivity index (χ4n) is 7.21. The Labute approximate surface area is 296 Å². The molecule has 50 heavy (non-hydrogen) atoms. The molecule has 2 aromatic carbocycles. The minimum absolute atomic E-state index is 0.162. The van der Waals surface area contributed by atoms with E-state index in [0.717, 1.165) is 22.3 Å². The van der Waals surface area contributed by atoms with Crippen molar-refractivity contribution in [2.75, 3.05) is 11.9 Å². The number of likely N-dealkylation sites (tertiary alicyclic amines) is 1. The van der Waals surface area contributed by atoms with Crippen LogP contribution in [0.2, 0.25) is 0 Å². The molecule has 1 saturated heterocycles. The van der Waals surface area contributed by atoms with E-state index in [1.165, 1.54) is 13.0 Å². The van der Waals surface area contributed by atoms with Gasteiger partial charge >= 0.3 is 0 Å². The molecule has 3 atom stereocenters. The van der Waals surface area contributed by atoms with Crippen LogP contribution in [0.4, 0.5) is 10.2 Å². The van der Waals surface area contributed by atoms with Crippen LogP contribution in [0, 0.1) is 32.0 Å². The number of benzene rings is 2. The molecule has 1 saturated carbocycles. The highest BCUT2D eigenvalue weighted by Crippen LogP contribution is 2.59. The Hall–Kier alpha value is -4.88. The number of carbonyl (C=O) groups excluding carboxylic acids is 3. The largest absolute Gasteiger partial charge is 0.325 e. The molecule has 0 unspecified atom stereocenters. The quantitative estimate of drug-likeness (QED) is 0.138. The molecular weight excluding hydrogens is 703 g/mol. The molecule has 2 aliphatic rings. The van der Waals surface area contributed by atoms with E-state index in [1.807, 2.05) is 39.0 Å². The molecule has 1 aliphatic carbocycles. The average molecular weight is 740 g/mol. The number of piperidine rings is 1. The van der Waals surface area contributed by atoms with E-state index < -0.39 is 6.04 Å². The van der Waals surface area contributed by atoms with E-state index in [0.29, 0.717) is 58.6 Å². The van der Waals surface area contributed by atoms with E-state index in [1.54, 1.807) is 46.2 Å². The van der Waals surface area contributed by atoms with Crippen LogP contribution in [0.3, 0.4) is 0 Å². The third kappa shape index (κ3) is 6.31. The number of nitrogens with one attached hydrogen (secondary N) is 2. The Kier molecular flexibility index (Phi) is 8.81. The van der Waals surface area contributed by atoms with Gasteiger partial charge in [-0.2, -0.15) is 5.10 Å². The van der Waals surface area contributed by atoms with Gasteiger partial charge in [0.25, 0.3) is 0 Å². The maximum atomic E-state index is 14.4. The summed E-state index contributed by atoms with van der Waals surface area (Å²) in [4.78, 5) is 55.9. The van der Waals surface area contributed by atoms with Gasteiger partial charge in [0.15, 0.2) is 5.78 Å². The first kappa shape index (κ1) is 33.6. The summed E-state index contributed by atoms with van der Waals surface area (Å²) in [7, 11) is 0. The zero-order valence-corrected chi connectivity index (χ0v) is 29.7. The third-order valence-electron chi connectivity index (χ3n) is 9.83. The van der Waals surface area contributed by atoms with Crippen LogP contribution in [0.15, 0.2) is 65.5 Å². The van der Waals surface area contributed by atoms with Gasteiger partial charge in [0.2, 0.25) is 11.8 Å². The normalized spacial score (nSPS) is 19.4. The number of rotatable bonds is 10. The minimum Gasteiger partial charge on any atom is -0.325 e. The van der Waals surface area contributed by atoms with E-state index in [9.17, 15) is 18.8 Å². The zero-order chi connectivity index (χ0) is 35.3. The van der Waals surface area contributed by atoms with Crippen molar-refractivity contribution in [2.45, 2.75) is 65.7 Å². The van der Waals surface area contributed by atoms with Gasteiger partial charge in [0.05, 0.1) is 5.52 Å². The molecule has 0 radical (unpaired) electrons. The Morgan fingerprint density at radius 2 is 1.76 bits per heavy atom. The van der Waals surface area contributed by atoms with E-state index >= 15 is 0 Å². The number of anilines is 1. The topological polar surface area (TPSA) is 135 Å². The summed E-state index contributed by atoms with van der Waals surface area (Å²) in [6.45, 7) is 7.72. The third-order valence-corrected chi connectivity index (χ3v) is 10.3. The molecule has 4 heterocycles. The summed E-state index contributed by atoms with van der Waals surface area (Å²) in [5.41, 5.74) is 4.39. The molecule has 2 N–H and O–H groups in total. The lowest BCUT2D eigenvalue weighted by molar-refractivity contribution is -0.138. The number of carbonyl (C=O) groups is 3. The van der Waals surface area contributed by atoms with Crippen LogP contribution in [-0.4, -0.2) is 65.9 Å². The monoisotopic (exact) mass is 738 g/mol. The fraction of sp³-hybridized carbons (Fsp3) is 0.324. The molecule has 7 rings (SSSR count). The summed E-state index contributed by atoms with van der Waals surface area (Å²) in [6.07, 6.45) is 4.62. The van der Waals surface area contributed by atoms with Gasteiger partial charge in [0.1, 0.15) is 40.3 Å². The van der Waals surface area contributed by atoms with Crippen molar-refractivity contribution in [1.29, 1.82) is 0 Å². The highest BCUT2D eigenvalue weighted by Gasteiger charge is 2.66. The number of hydrogen-bond acceptors (Lipinski definition) is 8. The van der Waals surface area contributed by atoms with Gasteiger partial charge in [-0.25, -0.2) is 19.3 Å². The molecular formula is C37H36BrFN8O3. The number of nitrogens with zero attached hydrogens (tertiary/aromatic N) is 6. The Morgan fingerprint density at radius 1 is 1.00 bits per heavy atom. The second-order valence-corrected chi connectivity index (χ2v) is 14.2. The lowest BCUT2D eigenvalue weighted by Crippen LogP contribution is -2.47. The van der Waals surface area contributed by atoms with E-state index in [4.69, 9.17) is 0 Å². The Bertz CT molecular complexity index is 2170. The number of pyridine rings is 1. The van der Waals surface area contributed by atoms with Gasteiger partial charge in [-0.05, 0) is 90.5 Å². The molecule has 2 fully saturated rings. The maximum Gasteiger partial charge on any atom is 0.248 e. The van der Waals surface area contributed by atoms with Crippen molar-refractivity contribution < 1.29 is 18.8 Å². The zero-order valence-electron chi connectivity index (χ0n) is 28.1. The lowest BCUT2D eigenvalue weighted by Gasteiger charge is -2.27. The first-order valence-corrected chi connectivity index (χ1v) is 17.2. The average Bonchev–Trinajstić information content (AvgIpc) is 3.48. The molecule has 0 bridgehead atoms. The first-order chi connectivity index (χ1) is 23.9. The number of aryl methyl sites for hydroxylation is 3. The van der Waals surface area contributed by atoms with Crippen molar-refractivity contribution in [2.24, 2.45) is 5.41 Å². The minimum atomic E-state index is -0.764. The predicted octanol–water partition coefficient (Wildman–Crippen LogP) is 5.71. The number of fused-ring (bicyclic) bond motifs is 2. The maximum absolute atomic E-state index is 14.4. The predicted molar refractivity (Wildman–Crippen MR) is 190 cm³/mol. The van der Waals surface area contributed by atoms with Crippen molar-refractivity contribution in [3.05, 3.63) is 99.6 Å². The number of amides is 2. The van der Waals surface area contributed by atoms with Gasteiger partial charge < -0.3 is 15.5 Å². The molecule has 256 valence electrons. The van der Waals surface area contributed by atoms with E-state index in [-0.39, 0.29) is 47.1 Å².